The molecule has 1 heterocycles. The molecule has 0 aliphatic carbocycles. The molecule has 0 radical (unpaired) electrons. The van der Waals surface area contributed by atoms with Crippen LogP contribution in [0.2, 0.25) is 0 Å². The molecule has 0 saturated heterocycles. The molecule has 0 aliphatic rings. The van der Waals surface area contributed by atoms with Crippen LogP contribution in [0.1, 0.15) is 33.0 Å². The van der Waals surface area contributed by atoms with Gasteiger partial charge >= 0.3 is 0 Å². The van der Waals surface area contributed by atoms with Crippen molar-refractivity contribution in [3.63, 3.8) is 0 Å². The smallest absolute Gasteiger partial charge is 0.108 e. The second-order valence-electron chi connectivity index (χ2n) is 4.08. The third-order valence-electron chi connectivity index (χ3n) is 2.70. The maximum atomic E-state index is 5.99. The van der Waals surface area contributed by atoms with Crippen molar-refractivity contribution in [2.24, 2.45) is 11.7 Å². The van der Waals surface area contributed by atoms with E-state index in [0.29, 0.717) is 5.92 Å². The fourth-order valence-electron chi connectivity index (χ4n) is 1.49. The molecule has 1 aromatic heterocycles. The van der Waals surface area contributed by atoms with Gasteiger partial charge in [-0.1, -0.05) is 13.8 Å². The zero-order chi connectivity index (χ0) is 10.6. The van der Waals surface area contributed by atoms with E-state index in [9.17, 15) is 0 Å². The van der Waals surface area contributed by atoms with Gasteiger partial charge in [0.25, 0.3) is 0 Å². The number of nitrogens with two attached hydrogens (primary N) is 1. The Bertz CT molecular complexity index is 265. The Balaban J connectivity index is 2.45. The first kappa shape index (κ1) is 11.2. The van der Waals surface area contributed by atoms with Gasteiger partial charge in [0.2, 0.25) is 0 Å². The second kappa shape index (κ2) is 5.15. The van der Waals surface area contributed by atoms with Crippen LogP contribution in [0.5, 0.6) is 0 Å². The van der Waals surface area contributed by atoms with Crippen molar-refractivity contribution in [1.82, 2.24) is 9.55 Å². The van der Waals surface area contributed by atoms with E-state index >= 15 is 0 Å². The quantitative estimate of drug-likeness (QED) is 0.779. The van der Waals surface area contributed by atoms with Crippen molar-refractivity contribution in [2.75, 3.05) is 0 Å². The Morgan fingerprint density at radius 3 is 2.79 bits per heavy atom. The standard InChI is InChI=1S/C11H21N3/c1-4-14-8-7-13-11(14)6-5-10(12)9(2)3/h7-10H,4-6,12H2,1-3H3. The largest absolute Gasteiger partial charge is 0.335 e. The van der Waals surface area contributed by atoms with Crippen LogP contribution < -0.4 is 5.73 Å². The Kier molecular flexibility index (Phi) is 4.14. The number of hydrogen-bond acceptors (Lipinski definition) is 2. The third-order valence-corrected chi connectivity index (χ3v) is 2.70. The highest BCUT2D eigenvalue weighted by Gasteiger charge is 2.09. The molecule has 0 spiro atoms. The van der Waals surface area contributed by atoms with Gasteiger partial charge in [0.1, 0.15) is 5.82 Å². The molecule has 14 heavy (non-hydrogen) atoms. The van der Waals surface area contributed by atoms with Gasteiger partial charge in [-0.3, -0.25) is 0 Å². The molecule has 1 rings (SSSR count). The van der Waals surface area contributed by atoms with Crippen molar-refractivity contribution in [3.8, 4) is 0 Å². The maximum absolute atomic E-state index is 5.99. The van der Waals surface area contributed by atoms with Crippen LogP contribution in [0.25, 0.3) is 0 Å². The van der Waals surface area contributed by atoms with Gasteiger partial charge in [-0.15, -0.1) is 0 Å². The van der Waals surface area contributed by atoms with Crippen LogP contribution >= 0.6 is 0 Å². The predicted octanol–water partition coefficient (Wildman–Crippen LogP) is 1.82. The molecule has 0 amide bonds. The highest BCUT2D eigenvalue weighted by Crippen LogP contribution is 2.08. The Morgan fingerprint density at radius 1 is 1.50 bits per heavy atom. The van der Waals surface area contributed by atoms with Crippen LogP contribution in [0, 0.1) is 5.92 Å². The Hall–Kier alpha value is -0.830. The van der Waals surface area contributed by atoms with Crippen LogP contribution in [0.15, 0.2) is 12.4 Å². The van der Waals surface area contributed by atoms with E-state index in [0.717, 1.165) is 25.2 Å². The lowest BCUT2D eigenvalue weighted by atomic mass is 10.0. The van der Waals surface area contributed by atoms with Crippen molar-refractivity contribution >= 4 is 0 Å². The fourth-order valence-corrected chi connectivity index (χ4v) is 1.49. The molecule has 3 heteroatoms. The van der Waals surface area contributed by atoms with E-state index in [-0.39, 0.29) is 6.04 Å². The normalized spacial score (nSPS) is 13.5. The SMILES string of the molecule is CCn1ccnc1CCC(N)C(C)C. The topological polar surface area (TPSA) is 43.8 Å². The van der Waals surface area contributed by atoms with Gasteiger partial charge < -0.3 is 10.3 Å². The average Bonchev–Trinajstić information content (AvgIpc) is 2.60. The monoisotopic (exact) mass is 195 g/mol. The van der Waals surface area contributed by atoms with E-state index < -0.39 is 0 Å². The average molecular weight is 195 g/mol. The molecule has 0 fully saturated rings. The fraction of sp³-hybridized carbons (Fsp3) is 0.727. The van der Waals surface area contributed by atoms with Crippen molar-refractivity contribution in [1.29, 1.82) is 0 Å². The minimum atomic E-state index is 0.289. The lowest BCUT2D eigenvalue weighted by molar-refractivity contribution is 0.456. The molecule has 3 nitrogen and oxygen atoms in total. The lowest BCUT2D eigenvalue weighted by Crippen LogP contribution is -2.27. The zero-order valence-corrected chi connectivity index (χ0v) is 9.40. The maximum Gasteiger partial charge on any atom is 0.108 e. The van der Waals surface area contributed by atoms with E-state index in [1.54, 1.807) is 0 Å². The summed E-state index contributed by atoms with van der Waals surface area (Å²) in [7, 11) is 0. The highest BCUT2D eigenvalue weighted by atomic mass is 15.0. The van der Waals surface area contributed by atoms with Crippen LogP contribution in [0.3, 0.4) is 0 Å². The molecule has 1 atom stereocenters. The van der Waals surface area contributed by atoms with Crippen LogP contribution in [-0.4, -0.2) is 15.6 Å². The number of nitrogens with zero attached hydrogens (tertiary/aromatic N) is 2. The molecule has 80 valence electrons. The summed E-state index contributed by atoms with van der Waals surface area (Å²) in [4.78, 5) is 4.33. The van der Waals surface area contributed by atoms with Crippen molar-refractivity contribution in [3.05, 3.63) is 18.2 Å². The first-order chi connectivity index (χ1) is 6.65. The minimum absolute atomic E-state index is 0.289. The summed E-state index contributed by atoms with van der Waals surface area (Å²) < 4.78 is 2.17. The lowest BCUT2D eigenvalue weighted by Gasteiger charge is -2.15. The Morgan fingerprint density at radius 2 is 2.21 bits per heavy atom. The van der Waals surface area contributed by atoms with Crippen LogP contribution in [-0.2, 0) is 13.0 Å². The molecule has 0 saturated carbocycles. The summed E-state index contributed by atoms with van der Waals surface area (Å²) in [5.74, 6) is 1.71. The Labute approximate surface area is 86.3 Å². The number of rotatable bonds is 5. The molecule has 0 bridgehead atoms. The summed E-state index contributed by atoms with van der Waals surface area (Å²) in [6.45, 7) is 7.45. The van der Waals surface area contributed by atoms with Crippen molar-refractivity contribution in [2.45, 2.75) is 46.2 Å². The zero-order valence-electron chi connectivity index (χ0n) is 9.40. The third kappa shape index (κ3) is 2.84. The molecule has 0 aromatic carbocycles. The van der Waals surface area contributed by atoms with E-state index in [2.05, 4.69) is 30.3 Å². The molecule has 1 aromatic rings. The minimum Gasteiger partial charge on any atom is -0.335 e. The summed E-state index contributed by atoms with van der Waals surface area (Å²) in [6.07, 6.45) is 5.89. The number of aromatic nitrogens is 2. The predicted molar refractivity (Wildman–Crippen MR) is 59.0 cm³/mol. The number of imidazole rings is 1. The van der Waals surface area contributed by atoms with Gasteiger partial charge in [-0.25, -0.2) is 4.98 Å². The highest BCUT2D eigenvalue weighted by molar-refractivity contribution is 4.93. The van der Waals surface area contributed by atoms with Gasteiger partial charge in [0.05, 0.1) is 0 Å². The van der Waals surface area contributed by atoms with Gasteiger partial charge in [-0.05, 0) is 19.3 Å². The first-order valence-electron chi connectivity index (χ1n) is 5.40. The summed E-state index contributed by atoms with van der Waals surface area (Å²) in [5.41, 5.74) is 5.99. The molecular formula is C11H21N3. The molecule has 2 N–H and O–H groups in total. The summed E-state index contributed by atoms with van der Waals surface area (Å²) >= 11 is 0. The van der Waals surface area contributed by atoms with Gasteiger partial charge in [0, 0.05) is 31.4 Å². The second-order valence-corrected chi connectivity index (χ2v) is 4.08. The van der Waals surface area contributed by atoms with Crippen molar-refractivity contribution < 1.29 is 0 Å². The molecular weight excluding hydrogens is 174 g/mol. The number of hydrogen-bond donors (Lipinski definition) is 1. The summed E-state index contributed by atoms with van der Waals surface area (Å²) in [6, 6.07) is 0.289. The van der Waals surface area contributed by atoms with Crippen LogP contribution in [0.4, 0.5) is 0 Å². The van der Waals surface area contributed by atoms with E-state index in [4.69, 9.17) is 5.73 Å². The summed E-state index contributed by atoms with van der Waals surface area (Å²) in [5, 5.41) is 0. The number of aryl methyl sites for hydroxylation is 2. The molecule has 0 aliphatic heterocycles. The van der Waals surface area contributed by atoms with Gasteiger partial charge in [-0.2, -0.15) is 0 Å². The first-order valence-corrected chi connectivity index (χ1v) is 5.40. The molecule has 1 unspecified atom stereocenters. The van der Waals surface area contributed by atoms with E-state index in [1.807, 2.05) is 12.4 Å². The van der Waals surface area contributed by atoms with Gasteiger partial charge in [0.15, 0.2) is 0 Å². The van der Waals surface area contributed by atoms with E-state index in [1.165, 1.54) is 0 Å².